The second kappa shape index (κ2) is 9.64. The highest BCUT2D eigenvalue weighted by Crippen LogP contribution is 2.25. The molecule has 1 aromatic heterocycles. The van der Waals surface area contributed by atoms with Crippen LogP contribution in [0, 0.1) is 12.8 Å². The van der Waals surface area contributed by atoms with Crippen LogP contribution < -0.4 is 10.1 Å². The van der Waals surface area contributed by atoms with E-state index in [1.54, 1.807) is 11.8 Å². The smallest absolute Gasteiger partial charge is 0.247 e. The Labute approximate surface area is 166 Å². The van der Waals surface area contributed by atoms with Gasteiger partial charge < -0.3 is 15.0 Å². The minimum atomic E-state index is -0.448. The number of likely N-dealkylation sites (tertiary alicyclic amines) is 1. The van der Waals surface area contributed by atoms with Crippen molar-refractivity contribution in [3.8, 4) is 5.75 Å². The van der Waals surface area contributed by atoms with Gasteiger partial charge in [0.15, 0.2) is 0 Å². The maximum atomic E-state index is 13.4. The zero-order chi connectivity index (χ0) is 19.9. The number of piperidine rings is 1. The van der Waals surface area contributed by atoms with Gasteiger partial charge in [0.05, 0.1) is 7.11 Å². The number of nitrogens with one attached hydrogen (secondary N) is 1. The fourth-order valence-corrected chi connectivity index (χ4v) is 3.83. The number of rotatable bonds is 8. The van der Waals surface area contributed by atoms with Crippen molar-refractivity contribution in [1.29, 1.82) is 0 Å². The summed E-state index contributed by atoms with van der Waals surface area (Å²) in [6, 6.07) is 7.36. The van der Waals surface area contributed by atoms with Gasteiger partial charge in [-0.15, -0.1) is 5.10 Å². The normalized spacial score (nSPS) is 16.2. The molecule has 2 heterocycles. The van der Waals surface area contributed by atoms with Crippen LogP contribution in [0.4, 0.5) is 0 Å². The number of carbonyl (C=O) groups excluding carboxylic acids is 1. The molecule has 1 atom stereocenters. The largest absolute Gasteiger partial charge is 0.497 e. The summed E-state index contributed by atoms with van der Waals surface area (Å²) in [6.07, 6.45) is 3.79. The highest BCUT2D eigenvalue weighted by atomic mass is 16.5. The van der Waals surface area contributed by atoms with Crippen LogP contribution >= 0.6 is 0 Å². The van der Waals surface area contributed by atoms with Crippen molar-refractivity contribution in [2.75, 3.05) is 33.8 Å². The van der Waals surface area contributed by atoms with Crippen molar-refractivity contribution in [3.63, 3.8) is 0 Å². The van der Waals surface area contributed by atoms with Crippen LogP contribution in [0.2, 0.25) is 0 Å². The lowest BCUT2D eigenvalue weighted by molar-refractivity contribution is -0.136. The Morgan fingerprint density at radius 3 is 2.79 bits per heavy atom. The highest BCUT2D eigenvalue weighted by Gasteiger charge is 2.31. The Bertz CT molecular complexity index is 770. The zero-order valence-corrected chi connectivity index (χ0v) is 17.0. The van der Waals surface area contributed by atoms with Crippen LogP contribution in [-0.2, 0) is 11.2 Å². The van der Waals surface area contributed by atoms with Crippen molar-refractivity contribution in [1.82, 2.24) is 30.4 Å². The molecule has 0 radical (unpaired) electrons. The first-order valence-electron chi connectivity index (χ1n) is 9.93. The summed E-state index contributed by atoms with van der Waals surface area (Å²) in [5.41, 5.74) is 1.02. The number of amides is 1. The molecule has 1 saturated heterocycles. The van der Waals surface area contributed by atoms with Crippen molar-refractivity contribution >= 4 is 5.91 Å². The van der Waals surface area contributed by atoms with Gasteiger partial charge in [-0.1, -0.05) is 12.1 Å². The number of nitrogens with zero attached hydrogens (tertiary/aromatic N) is 5. The molecule has 0 spiro atoms. The van der Waals surface area contributed by atoms with E-state index in [1.165, 1.54) is 0 Å². The topological polar surface area (TPSA) is 85.2 Å². The second-order valence-corrected chi connectivity index (χ2v) is 7.40. The number of hydrogen-bond acceptors (Lipinski definition) is 6. The van der Waals surface area contributed by atoms with Gasteiger partial charge in [-0.25, -0.2) is 4.68 Å². The van der Waals surface area contributed by atoms with E-state index in [1.807, 2.05) is 43.1 Å². The molecular formula is C20H30N6O2. The Morgan fingerprint density at radius 1 is 1.36 bits per heavy atom. The van der Waals surface area contributed by atoms with Gasteiger partial charge in [0.25, 0.3) is 0 Å². The molecule has 8 heteroatoms. The molecule has 1 N–H and O–H groups in total. The van der Waals surface area contributed by atoms with Gasteiger partial charge >= 0.3 is 0 Å². The van der Waals surface area contributed by atoms with Crippen LogP contribution in [0.5, 0.6) is 5.75 Å². The summed E-state index contributed by atoms with van der Waals surface area (Å²) in [7, 11) is 3.63. The van der Waals surface area contributed by atoms with E-state index in [-0.39, 0.29) is 5.91 Å². The Balaban J connectivity index is 1.74. The van der Waals surface area contributed by atoms with Crippen LogP contribution in [0.1, 0.15) is 36.7 Å². The third-order valence-corrected chi connectivity index (χ3v) is 5.53. The summed E-state index contributed by atoms with van der Waals surface area (Å²) < 4.78 is 6.97. The van der Waals surface area contributed by atoms with Crippen LogP contribution in [0.15, 0.2) is 24.3 Å². The van der Waals surface area contributed by atoms with E-state index < -0.39 is 6.04 Å². The van der Waals surface area contributed by atoms with Crippen molar-refractivity contribution < 1.29 is 9.53 Å². The number of hydrogen-bond donors (Lipinski definition) is 1. The molecule has 152 valence electrons. The number of benzene rings is 1. The quantitative estimate of drug-likeness (QED) is 0.742. The number of carbonyl (C=O) groups is 1. The highest BCUT2D eigenvalue weighted by molar-refractivity contribution is 5.81. The van der Waals surface area contributed by atoms with Gasteiger partial charge in [0.1, 0.15) is 17.6 Å². The van der Waals surface area contributed by atoms with E-state index in [0.29, 0.717) is 18.2 Å². The van der Waals surface area contributed by atoms with E-state index >= 15 is 0 Å². The minimum Gasteiger partial charge on any atom is -0.497 e. The summed E-state index contributed by atoms with van der Waals surface area (Å²) in [5, 5.41) is 15.0. The van der Waals surface area contributed by atoms with Gasteiger partial charge in [-0.3, -0.25) is 4.79 Å². The molecule has 1 amide bonds. The van der Waals surface area contributed by atoms with Crippen LogP contribution in [0.3, 0.4) is 0 Å². The second-order valence-electron chi connectivity index (χ2n) is 7.40. The summed E-state index contributed by atoms with van der Waals surface area (Å²) >= 11 is 0. The Morgan fingerprint density at radius 2 is 2.14 bits per heavy atom. The Kier molecular flexibility index (Phi) is 6.97. The number of tetrazole rings is 1. The number of methoxy groups -OCH3 is 1. The first kappa shape index (κ1) is 20.3. The molecule has 1 aliphatic rings. The number of aryl methyl sites for hydroxylation is 1. The lowest BCUT2D eigenvalue weighted by atomic mass is 9.93. The predicted molar refractivity (Wildman–Crippen MR) is 106 cm³/mol. The number of aromatic nitrogens is 4. The first-order chi connectivity index (χ1) is 13.6. The maximum absolute atomic E-state index is 13.4. The third-order valence-electron chi connectivity index (χ3n) is 5.53. The monoisotopic (exact) mass is 386 g/mol. The van der Waals surface area contributed by atoms with Gasteiger partial charge in [0.2, 0.25) is 5.91 Å². The van der Waals surface area contributed by atoms with Crippen molar-refractivity contribution in [2.45, 2.75) is 38.6 Å². The molecule has 0 saturated carbocycles. The molecule has 1 unspecified atom stereocenters. The van der Waals surface area contributed by atoms with Gasteiger partial charge in [0, 0.05) is 19.5 Å². The van der Waals surface area contributed by atoms with Crippen LogP contribution in [-0.4, -0.2) is 64.8 Å². The summed E-state index contributed by atoms with van der Waals surface area (Å²) in [5.74, 6) is 2.20. The molecule has 0 bridgehead atoms. The summed E-state index contributed by atoms with van der Waals surface area (Å²) in [6.45, 7) is 4.45. The van der Waals surface area contributed by atoms with E-state index in [0.717, 1.165) is 50.2 Å². The van der Waals surface area contributed by atoms with Crippen molar-refractivity contribution in [3.05, 3.63) is 35.7 Å². The maximum Gasteiger partial charge on any atom is 0.247 e. The minimum absolute atomic E-state index is 0.0882. The van der Waals surface area contributed by atoms with E-state index in [9.17, 15) is 4.79 Å². The van der Waals surface area contributed by atoms with Gasteiger partial charge in [-0.05, 0) is 73.8 Å². The molecule has 0 aliphatic carbocycles. The molecule has 3 rings (SSSR count). The molecule has 2 aromatic rings. The predicted octanol–water partition coefficient (Wildman–Crippen LogP) is 1.62. The fraction of sp³-hybridized carbons (Fsp3) is 0.600. The lowest BCUT2D eigenvalue weighted by Crippen LogP contribution is -2.43. The SMILES string of the molecule is CNCCC1CCN(C(=O)C(Cc2cccc(OC)c2)n2nnnc2C)CC1. The number of ether oxygens (including phenoxy) is 1. The summed E-state index contributed by atoms with van der Waals surface area (Å²) in [4.78, 5) is 15.4. The standard InChI is InChI=1S/C20H30N6O2/c1-15-22-23-24-26(15)19(14-17-5-4-6-18(13-17)28-3)20(27)25-11-8-16(9-12-25)7-10-21-2/h4-6,13,16,19,21H,7-12,14H2,1-3H3. The lowest BCUT2D eigenvalue weighted by Gasteiger charge is -2.34. The van der Waals surface area contributed by atoms with E-state index in [4.69, 9.17) is 4.74 Å². The molecule has 1 aromatic carbocycles. The fourth-order valence-electron chi connectivity index (χ4n) is 3.83. The molecule has 1 aliphatic heterocycles. The first-order valence-corrected chi connectivity index (χ1v) is 9.93. The van der Waals surface area contributed by atoms with E-state index in [2.05, 4.69) is 20.8 Å². The van der Waals surface area contributed by atoms with Crippen molar-refractivity contribution in [2.24, 2.45) is 5.92 Å². The third kappa shape index (κ3) is 4.86. The molecule has 1 fully saturated rings. The Hall–Kier alpha value is -2.48. The molecule has 28 heavy (non-hydrogen) atoms. The molecular weight excluding hydrogens is 356 g/mol. The average molecular weight is 387 g/mol. The zero-order valence-electron chi connectivity index (χ0n) is 17.0. The van der Waals surface area contributed by atoms with Crippen LogP contribution in [0.25, 0.3) is 0 Å². The average Bonchev–Trinajstić information content (AvgIpc) is 3.16. The van der Waals surface area contributed by atoms with Gasteiger partial charge in [-0.2, -0.15) is 0 Å². The molecule has 8 nitrogen and oxygen atoms in total.